The molecule has 0 aromatic carbocycles. The SMILES string of the molecule is CC1N=C2C(=O)NC(=O)N=C2S1. The molecule has 0 saturated carbocycles. The Labute approximate surface area is 72.3 Å². The van der Waals surface area contributed by atoms with E-state index in [1.807, 2.05) is 6.92 Å². The Morgan fingerprint density at radius 1 is 1.50 bits per heavy atom. The lowest BCUT2D eigenvalue weighted by Crippen LogP contribution is -2.41. The van der Waals surface area contributed by atoms with Crippen molar-refractivity contribution in [2.75, 3.05) is 0 Å². The first kappa shape index (κ1) is 7.48. The molecule has 0 aliphatic carbocycles. The predicted octanol–water partition coefficient (Wildman–Crippen LogP) is 0.169. The van der Waals surface area contributed by atoms with Gasteiger partial charge in [0.1, 0.15) is 5.04 Å². The summed E-state index contributed by atoms with van der Waals surface area (Å²) in [6.07, 6.45) is 0. The number of amides is 3. The van der Waals surface area contributed by atoms with Gasteiger partial charge in [0, 0.05) is 0 Å². The van der Waals surface area contributed by atoms with Crippen molar-refractivity contribution < 1.29 is 9.59 Å². The minimum absolute atomic E-state index is 0.0181. The molecule has 6 heteroatoms. The van der Waals surface area contributed by atoms with Crippen LogP contribution in [0, 0.1) is 0 Å². The van der Waals surface area contributed by atoms with Crippen LogP contribution in [0.3, 0.4) is 0 Å². The van der Waals surface area contributed by atoms with E-state index >= 15 is 0 Å². The lowest BCUT2D eigenvalue weighted by atomic mass is 10.3. The van der Waals surface area contributed by atoms with Gasteiger partial charge in [0.15, 0.2) is 5.71 Å². The molecule has 0 aromatic heterocycles. The lowest BCUT2D eigenvalue weighted by molar-refractivity contribution is -0.113. The van der Waals surface area contributed by atoms with E-state index in [0.29, 0.717) is 5.04 Å². The van der Waals surface area contributed by atoms with Crippen LogP contribution in [0.1, 0.15) is 6.92 Å². The smallest absolute Gasteiger partial charge is 0.271 e. The number of aliphatic imine (C=N–C) groups is 2. The van der Waals surface area contributed by atoms with Gasteiger partial charge < -0.3 is 0 Å². The maximum Gasteiger partial charge on any atom is 0.349 e. The highest BCUT2D eigenvalue weighted by Gasteiger charge is 2.32. The number of nitrogens with zero attached hydrogens (tertiary/aromatic N) is 2. The molecule has 1 unspecified atom stereocenters. The van der Waals surface area contributed by atoms with Crippen molar-refractivity contribution in [3.8, 4) is 0 Å². The normalized spacial score (nSPS) is 27.6. The van der Waals surface area contributed by atoms with Crippen molar-refractivity contribution in [3.05, 3.63) is 0 Å². The van der Waals surface area contributed by atoms with Gasteiger partial charge in [0.2, 0.25) is 0 Å². The average molecular weight is 183 g/mol. The first-order valence-corrected chi connectivity index (χ1v) is 4.23. The molecule has 3 amide bonds. The van der Waals surface area contributed by atoms with Crippen LogP contribution in [-0.2, 0) is 4.79 Å². The van der Waals surface area contributed by atoms with Crippen LogP contribution in [0.15, 0.2) is 9.98 Å². The second-order valence-electron chi connectivity index (χ2n) is 2.37. The van der Waals surface area contributed by atoms with Crippen molar-refractivity contribution in [1.82, 2.24) is 5.32 Å². The zero-order valence-corrected chi connectivity index (χ0v) is 7.01. The van der Waals surface area contributed by atoms with Gasteiger partial charge in [-0.15, -0.1) is 0 Å². The van der Waals surface area contributed by atoms with Gasteiger partial charge in [-0.25, -0.2) is 4.79 Å². The minimum Gasteiger partial charge on any atom is -0.271 e. The van der Waals surface area contributed by atoms with Crippen LogP contribution in [-0.4, -0.2) is 28.1 Å². The summed E-state index contributed by atoms with van der Waals surface area (Å²) in [6.45, 7) is 1.84. The number of thioether (sulfide) groups is 1. The number of rotatable bonds is 0. The Hall–Kier alpha value is -1.17. The molecule has 1 N–H and O–H groups in total. The lowest BCUT2D eigenvalue weighted by Gasteiger charge is -2.06. The summed E-state index contributed by atoms with van der Waals surface area (Å²) in [7, 11) is 0. The third-order valence-corrected chi connectivity index (χ3v) is 2.39. The highest BCUT2D eigenvalue weighted by molar-refractivity contribution is 8.17. The fourth-order valence-electron chi connectivity index (χ4n) is 0.992. The van der Waals surface area contributed by atoms with Crippen molar-refractivity contribution >= 4 is 34.5 Å². The first-order valence-electron chi connectivity index (χ1n) is 3.35. The van der Waals surface area contributed by atoms with Gasteiger partial charge >= 0.3 is 6.03 Å². The summed E-state index contributed by atoms with van der Waals surface area (Å²) in [5, 5.41) is 2.48. The van der Waals surface area contributed by atoms with Gasteiger partial charge in [-0.2, -0.15) is 4.99 Å². The topological polar surface area (TPSA) is 70.9 Å². The number of nitrogens with one attached hydrogen (secondary N) is 1. The molecule has 2 aliphatic heterocycles. The molecule has 0 bridgehead atoms. The fraction of sp³-hybridized carbons (Fsp3) is 0.333. The molecule has 0 aromatic rings. The van der Waals surface area contributed by atoms with Gasteiger partial charge in [-0.1, -0.05) is 11.8 Å². The summed E-state index contributed by atoms with van der Waals surface area (Å²) in [6, 6.07) is -0.601. The zero-order chi connectivity index (χ0) is 8.72. The van der Waals surface area contributed by atoms with Crippen molar-refractivity contribution in [2.24, 2.45) is 9.98 Å². The Bertz CT molecular complexity index is 334. The van der Waals surface area contributed by atoms with Crippen molar-refractivity contribution in [2.45, 2.75) is 12.3 Å². The van der Waals surface area contributed by atoms with E-state index in [1.165, 1.54) is 11.8 Å². The maximum absolute atomic E-state index is 11.1. The van der Waals surface area contributed by atoms with Crippen molar-refractivity contribution in [1.29, 1.82) is 0 Å². The number of imide groups is 1. The molecule has 2 heterocycles. The predicted molar refractivity (Wildman–Crippen MR) is 45.5 cm³/mol. The molecule has 0 spiro atoms. The maximum atomic E-state index is 11.1. The molecule has 0 fully saturated rings. The van der Waals surface area contributed by atoms with Gasteiger partial charge in [-0.3, -0.25) is 15.1 Å². The summed E-state index contributed by atoms with van der Waals surface area (Å²) in [5.41, 5.74) is 0.284. The third kappa shape index (κ3) is 1.04. The molecule has 1 atom stereocenters. The zero-order valence-electron chi connectivity index (χ0n) is 6.20. The largest absolute Gasteiger partial charge is 0.349 e. The Kier molecular flexibility index (Phi) is 1.50. The third-order valence-electron chi connectivity index (χ3n) is 1.43. The summed E-state index contributed by atoms with van der Waals surface area (Å²) in [4.78, 5) is 29.4. The number of urea groups is 1. The highest BCUT2D eigenvalue weighted by Crippen LogP contribution is 2.24. The summed E-state index contributed by atoms with van der Waals surface area (Å²) in [5.74, 6) is -0.443. The summed E-state index contributed by atoms with van der Waals surface area (Å²) >= 11 is 1.32. The van der Waals surface area contributed by atoms with E-state index < -0.39 is 11.9 Å². The molecule has 0 radical (unpaired) electrons. The van der Waals surface area contributed by atoms with Gasteiger partial charge in [0.25, 0.3) is 5.91 Å². The second kappa shape index (κ2) is 2.41. The van der Waals surface area contributed by atoms with E-state index in [0.717, 1.165) is 0 Å². The summed E-state index contributed by atoms with van der Waals surface area (Å²) < 4.78 is 0. The monoisotopic (exact) mass is 183 g/mol. The Morgan fingerprint density at radius 2 is 2.25 bits per heavy atom. The fourth-order valence-corrected chi connectivity index (χ4v) is 1.87. The second-order valence-corrected chi connectivity index (χ2v) is 3.68. The molecule has 62 valence electrons. The van der Waals surface area contributed by atoms with Crippen LogP contribution in [0.5, 0.6) is 0 Å². The molecule has 5 nitrogen and oxygen atoms in total. The quantitative estimate of drug-likeness (QED) is 0.581. The number of fused-ring (bicyclic) bond motifs is 1. The van der Waals surface area contributed by atoms with Crippen LogP contribution in [0.2, 0.25) is 0 Å². The number of hydrogen-bond acceptors (Lipinski definition) is 4. The van der Waals surface area contributed by atoms with Crippen molar-refractivity contribution in [3.63, 3.8) is 0 Å². The highest BCUT2D eigenvalue weighted by atomic mass is 32.2. The van der Waals surface area contributed by atoms with Gasteiger partial charge in [0.05, 0.1) is 5.37 Å². The molecule has 12 heavy (non-hydrogen) atoms. The molecule has 0 saturated heterocycles. The number of carbonyl (C=O) groups excluding carboxylic acids is 2. The van der Waals surface area contributed by atoms with E-state index in [9.17, 15) is 9.59 Å². The minimum atomic E-state index is -0.601. The molecular formula is C6H5N3O2S. The van der Waals surface area contributed by atoms with Gasteiger partial charge in [-0.05, 0) is 6.92 Å². The Balaban J connectivity index is 2.44. The van der Waals surface area contributed by atoms with E-state index in [1.54, 1.807) is 0 Å². The molecule has 2 aliphatic rings. The van der Waals surface area contributed by atoms with E-state index in [4.69, 9.17) is 0 Å². The number of hydrogen-bond donors (Lipinski definition) is 1. The Morgan fingerprint density at radius 3 is 3.00 bits per heavy atom. The standard InChI is InChI=1S/C6H5N3O2S/c1-2-7-3-4(10)8-6(11)9-5(3)12-2/h2H,1H3,(H,8,10,11). The average Bonchev–Trinajstić information content (AvgIpc) is 2.29. The molecular weight excluding hydrogens is 178 g/mol. The van der Waals surface area contributed by atoms with E-state index in [2.05, 4.69) is 15.3 Å². The number of carbonyl (C=O) groups is 2. The first-order chi connectivity index (χ1) is 5.66. The van der Waals surface area contributed by atoms with Crippen LogP contribution in [0.25, 0.3) is 0 Å². The van der Waals surface area contributed by atoms with E-state index in [-0.39, 0.29) is 11.1 Å². The molecule has 2 rings (SSSR count). The van der Waals surface area contributed by atoms with Crippen LogP contribution < -0.4 is 5.32 Å². The van der Waals surface area contributed by atoms with Crippen LogP contribution in [0.4, 0.5) is 4.79 Å². The van der Waals surface area contributed by atoms with Crippen LogP contribution >= 0.6 is 11.8 Å².